The minimum absolute atomic E-state index is 0.189. The summed E-state index contributed by atoms with van der Waals surface area (Å²) in [7, 11) is 0. The van der Waals surface area contributed by atoms with Crippen LogP contribution < -0.4 is 10.9 Å². The van der Waals surface area contributed by atoms with E-state index < -0.39 is 47.2 Å². The highest BCUT2D eigenvalue weighted by molar-refractivity contribution is 7.17. The summed E-state index contributed by atoms with van der Waals surface area (Å²) in [4.78, 5) is 42.7. The lowest BCUT2D eigenvalue weighted by atomic mass is 10.1. The normalized spacial score (nSPS) is 14.3. The first-order chi connectivity index (χ1) is 15.5. The van der Waals surface area contributed by atoms with Crippen molar-refractivity contribution in [2.45, 2.75) is 25.7 Å². The molecule has 33 heavy (non-hydrogen) atoms. The molecule has 0 spiro atoms. The lowest BCUT2D eigenvalue weighted by molar-refractivity contribution is -0.138. The van der Waals surface area contributed by atoms with E-state index in [9.17, 15) is 32.7 Å². The number of nitrogens with zero attached hydrogens (tertiary/aromatic N) is 3. The molecular formula is C20H17F3N4O5S. The van der Waals surface area contributed by atoms with Crippen LogP contribution in [0.15, 0.2) is 29.1 Å². The minimum atomic E-state index is -4.40. The number of carbonyl (C=O) groups is 2. The van der Waals surface area contributed by atoms with E-state index in [-0.39, 0.29) is 4.96 Å². The maximum Gasteiger partial charge on any atom is 0.416 e. The summed E-state index contributed by atoms with van der Waals surface area (Å²) in [5, 5.41) is 20.8. The van der Waals surface area contributed by atoms with E-state index in [1.165, 1.54) is 16.5 Å². The fourth-order valence-corrected chi connectivity index (χ4v) is 4.84. The van der Waals surface area contributed by atoms with Crippen molar-refractivity contribution in [2.75, 3.05) is 13.1 Å². The van der Waals surface area contributed by atoms with Crippen molar-refractivity contribution in [3.8, 4) is 5.88 Å². The number of carboxylic acids is 1. The second-order valence-corrected chi connectivity index (χ2v) is 8.50. The molecule has 0 aliphatic carbocycles. The Morgan fingerprint density at radius 1 is 1.21 bits per heavy atom. The van der Waals surface area contributed by atoms with Crippen LogP contribution in [0.2, 0.25) is 0 Å². The van der Waals surface area contributed by atoms with Crippen LogP contribution in [0.4, 0.5) is 13.2 Å². The third kappa shape index (κ3) is 4.54. The van der Waals surface area contributed by atoms with Crippen LogP contribution in [0.1, 0.15) is 32.1 Å². The zero-order chi connectivity index (χ0) is 23.9. The van der Waals surface area contributed by atoms with E-state index in [0.717, 1.165) is 28.3 Å². The zero-order valence-electron chi connectivity index (χ0n) is 16.8. The third-order valence-corrected chi connectivity index (χ3v) is 6.25. The summed E-state index contributed by atoms with van der Waals surface area (Å²) < 4.78 is 39.5. The molecule has 174 valence electrons. The van der Waals surface area contributed by atoms with Crippen molar-refractivity contribution in [3.63, 3.8) is 0 Å². The molecule has 0 saturated carbocycles. The van der Waals surface area contributed by atoms with Gasteiger partial charge in [0.1, 0.15) is 6.54 Å². The largest absolute Gasteiger partial charge is 0.492 e. The van der Waals surface area contributed by atoms with Gasteiger partial charge in [0.25, 0.3) is 11.5 Å². The third-order valence-electron chi connectivity index (χ3n) is 5.19. The summed E-state index contributed by atoms with van der Waals surface area (Å²) in [5.41, 5.74) is -0.818. The van der Waals surface area contributed by atoms with Gasteiger partial charge in [-0.3, -0.25) is 23.7 Å². The number of fused-ring (bicyclic) bond motifs is 3. The van der Waals surface area contributed by atoms with Gasteiger partial charge in [0.05, 0.1) is 5.56 Å². The standard InChI is InChI=1S/C20H17F3N4O5S/c21-20(22,23)11-3-1-10(2-4-11)8-26-6-5-12-13(9-26)33-19-25-17(31)15(18(32)27(12)19)16(30)24-7-14(28)29/h1-4,31H,5-9H2,(H,24,30)(H,28,29). The van der Waals surface area contributed by atoms with E-state index in [0.29, 0.717) is 37.3 Å². The smallest absolute Gasteiger partial charge is 0.416 e. The molecule has 2 aromatic heterocycles. The molecule has 0 bridgehead atoms. The number of amides is 1. The number of rotatable bonds is 5. The summed E-state index contributed by atoms with van der Waals surface area (Å²) in [6.07, 6.45) is -3.98. The van der Waals surface area contributed by atoms with Crippen molar-refractivity contribution in [1.82, 2.24) is 19.6 Å². The van der Waals surface area contributed by atoms with E-state index in [1.807, 2.05) is 10.2 Å². The molecule has 0 radical (unpaired) electrons. The Kier molecular flexibility index (Phi) is 5.84. The van der Waals surface area contributed by atoms with Crippen LogP contribution in [0.25, 0.3) is 4.96 Å². The van der Waals surface area contributed by atoms with Crippen molar-refractivity contribution in [1.29, 1.82) is 0 Å². The van der Waals surface area contributed by atoms with Gasteiger partial charge in [-0.1, -0.05) is 23.5 Å². The number of carboxylic acid groups (broad SMARTS) is 1. The average Bonchev–Trinajstić information content (AvgIpc) is 3.09. The van der Waals surface area contributed by atoms with Crippen molar-refractivity contribution in [2.24, 2.45) is 0 Å². The van der Waals surface area contributed by atoms with Gasteiger partial charge in [0.2, 0.25) is 5.88 Å². The number of aromatic hydroxyl groups is 1. The van der Waals surface area contributed by atoms with Crippen LogP contribution in [0.5, 0.6) is 5.88 Å². The topological polar surface area (TPSA) is 124 Å². The van der Waals surface area contributed by atoms with Gasteiger partial charge in [-0.25, -0.2) is 0 Å². The van der Waals surface area contributed by atoms with Gasteiger partial charge in [-0.2, -0.15) is 18.2 Å². The zero-order valence-corrected chi connectivity index (χ0v) is 17.7. The molecule has 3 N–H and O–H groups in total. The number of nitrogens with one attached hydrogen (secondary N) is 1. The van der Waals surface area contributed by atoms with Crippen molar-refractivity contribution in [3.05, 3.63) is 61.9 Å². The molecule has 3 heterocycles. The van der Waals surface area contributed by atoms with Gasteiger partial charge in [0.15, 0.2) is 10.5 Å². The van der Waals surface area contributed by atoms with Gasteiger partial charge >= 0.3 is 12.1 Å². The second-order valence-electron chi connectivity index (χ2n) is 7.44. The monoisotopic (exact) mass is 482 g/mol. The number of thiazole rings is 1. The van der Waals surface area contributed by atoms with Crippen molar-refractivity contribution >= 4 is 28.2 Å². The number of alkyl halides is 3. The Morgan fingerprint density at radius 2 is 1.91 bits per heavy atom. The Morgan fingerprint density at radius 3 is 2.55 bits per heavy atom. The summed E-state index contributed by atoms with van der Waals surface area (Å²) >= 11 is 1.16. The average molecular weight is 482 g/mol. The van der Waals surface area contributed by atoms with Crippen LogP contribution in [-0.4, -0.2) is 49.5 Å². The SMILES string of the molecule is O=C(O)CNC(=O)c1c(O)nc2sc3c(n2c1=O)CCN(Cc1ccc(C(F)(F)F)cc1)C3. The molecule has 1 amide bonds. The molecular weight excluding hydrogens is 465 g/mol. The van der Waals surface area contributed by atoms with E-state index in [2.05, 4.69) is 4.98 Å². The highest BCUT2D eigenvalue weighted by Crippen LogP contribution is 2.31. The molecule has 1 aliphatic heterocycles. The molecule has 1 aromatic carbocycles. The molecule has 13 heteroatoms. The predicted octanol–water partition coefficient (Wildman–Crippen LogP) is 1.85. The maximum atomic E-state index is 12.9. The first kappa shape index (κ1) is 22.7. The molecule has 9 nitrogen and oxygen atoms in total. The van der Waals surface area contributed by atoms with Crippen LogP contribution in [0, 0.1) is 0 Å². The van der Waals surface area contributed by atoms with Crippen molar-refractivity contribution < 1.29 is 33.0 Å². The quantitative estimate of drug-likeness (QED) is 0.507. The predicted molar refractivity (Wildman–Crippen MR) is 110 cm³/mol. The number of aliphatic carboxylic acids is 1. The second kappa shape index (κ2) is 8.48. The molecule has 0 unspecified atom stereocenters. The fraction of sp³-hybridized carbons (Fsp3) is 0.300. The Labute approximate surface area is 187 Å². The van der Waals surface area contributed by atoms with Gasteiger partial charge in [-0.05, 0) is 17.7 Å². The maximum absolute atomic E-state index is 12.9. The molecule has 0 fully saturated rings. The van der Waals surface area contributed by atoms with Crippen LogP contribution in [-0.2, 0) is 30.5 Å². The summed E-state index contributed by atoms with van der Waals surface area (Å²) in [6.45, 7) is 0.599. The lowest BCUT2D eigenvalue weighted by Crippen LogP contribution is -2.36. The van der Waals surface area contributed by atoms with Crippen LogP contribution >= 0.6 is 11.3 Å². The number of halogens is 3. The number of hydrogen-bond acceptors (Lipinski definition) is 7. The molecule has 4 rings (SSSR count). The Hall–Kier alpha value is -3.45. The number of aromatic nitrogens is 2. The molecule has 1 aliphatic rings. The molecule has 3 aromatic rings. The van der Waals surface area contributed by atoms with E-state index in [1.54, 1.807) is 0 Å². The number of carbonyl (C=O) groups excluding carboxylic acids is 1. The molecule has 0 saturated heterocycles. The lowest BCUT2D eigenvalue weighted by Gasteiger charge is -2.26. The highest BCUT2D eigenvalue weighted by atomic mass is 32.1. The Bertz CT molecular complexity index is 1300. The molecule has 0 atom stereocenters. The van der Waals surface area contributed by atoms with Gasteiger partial charge in [0, 0.05) is 36.6 Å². The Balaban J connectivity index is 1.58. The van der Waals surface area contributed by atoms with Gasteiger partial charge < -0.3 is 15.5 Å². The van der Waals surface area contributed by atoms with E-state index in [4.69, 9.17) is 5.11 Å². The number of benzene rings is 1. The number of hydrogen-bond donors (Lipinski definition) is 3. The highest BCUT2D eigenvalue weighted by Gasteiger charge is 2.30. The fourth-order valence-electron chi connectivity index (χ4n) is 3.65. The van der Waals surface area contributed by atoms with Crippen LogP contribution in [0.3, 0.4) is 0 Å². The van der Waals surface area contributed by atoms with Gasteiger partial charge in [-0.15, -0.1) is 0 Å². The summed E-state index contributed by atoms with van der Waals surface area (Å²) in [6, 6.07) is 4.92. The van der Waals surface area contributed by atoms with E-state index >= 15 is 0 Å². The summed E-state index contributed by atoms with van der Waals surface area (Å²) in [5.74, 6) is -3.14. The minimum Gasteiger partial charge on any atom is -0.492 e. The first-order valence-corrected chi connectivity index (χ1v) is 10.5. The first-order valence-electron chi connectivity index (χ1n) is 9.69.